The molecule has 0 saturated heterocycles. The Morgan fingerprint density at radius 1 is 1.22 bits per heavy atom. The van der Waals surface area contributed by atoms with Crippen molar-refractivity contribution in [3.63, 3.8) is 0 Å². The van der Waals surface area contributed by atoms with Crippen LogP contribution in [0.4, 0.5) is 13.2 Å². The molecule has 2 aromatic rings. The Kier molecular flexibility index (Phi) is 11.1. The SMILES string of the molecule is CCN(CCOc1cccc2c1CN(C(CCC=O)C(=O)NC)C2=O)CC[C@@H](C#N)c1cccc(OC(F)(F)F)c1. The van der Waals surface area contributed by atoms with Crippen LogP contribution in [0.1, 0.15) is 53.6 Å². The third-order valence-electron chi connectivity index (χ3n) is 6.93. The number of aldehydes is 1. The summed E-state index contributed by atoms with van der Waals surface area (Å²) in [6.07, 6.45) is -3.34. The van der Waals surface area contributed by atoms with Gasteiger partial charge in [-0.2, -0.15) is 5.26 Å². The average molecular weight is 575 g/mol. The van der Waals surface area contributed by atoms with Crippen LogP contribution < -0.4 is 14.8 Å². The van der Waals surface area contributed by atoms with Gasteiger partial charge in [0.05, 0.1) is 18.5 Å². The number of amides is 2. The van der Waals surface area contributed by atoms with E-state index in [4.69, 9.17) is 4.74 Å². The molecule has 0 bridgehead atoms. The summed E-state index contributed by atoms with van der Waals surface area (Å²) in [5.41, 5.74) is 1.56. The second-order valence-corrected chi connectivity index (χ2v) is 9.46. The van der Waals surface area contributed by atoms with Crippen LogP contribution in [0.2, 0.25) is 0 Å². The van der Waals surface area contributed by atoms with Crippen molar-refractivity contribution in [1.82, 2.24) is 15.1 Å². The van der Waals surface area contributed by atoms with E-state index in [1.807, 2.05) is 6.92 Å². The average Bonchev–Trinajstić information content (AvgIpc) is 3.28. The molecule has 1 N–H and O–H groups in total. The Morgan fingerprint density at radius 2 is 1.98 bits per heavy atom. The summed E-state index contributed by atoms with van der Waals surface area (Å²) in [6.45, 7) is 4.09. The van der Waals surface area contributed by atoms with Gasteiger partial charge in [-0.05, 0) is 55.8 Å². The fourth-order valence-electron chi connectivity index (χ4n) is 4.79. The highest BCUT2D eigenvalue weighted by molar-refractivity contribution is 6.01. The lowest BCUT2D eigenvalue weighted by Crippen LogP contribution is -2.46. The minimum Gasteiger partial charge on any atom is -0.492 e. The van der Waals surface area contributed by atoms with Gasteiger partial charge < -0.3 is 29.4 Å². The highest BCUT2D eigenvalue weighted by atomic mass is 19.4. The minimum atomic E-state index is -4.81. The lowest BCUT2D eigenvalue weighted by atomic mass is 9.97. The molecule has 0 saturated carbocycles. The van der Waals surface area contributed by atoms with Gasteiger partial charge in [0.15, 0.2) is 0 Å². The first-order valence-electron chi connectivity index (χ1n) is 13.3. The number of carbonyl (C=O) groups is 3. The van der Waals surface area contributed by atoms with E-state index in [1.54, 1.807) is 24.3 Å². The molecule has 2 aromatic carbocycles. The molecule has 12 heteroatoms. The van der Waals surface area contributed by atoms with Gasteiger partial charge in [0.1, 0.15) is 30.4 Å². The molecule has 0 spiro atoms. The van der Waals surface area contributed by atoms with Crippen LogP contribution in [-0.2, 0) is 16.1 Å². The Balaban J connectivity index is 1.60. The predicted octanol–water partition coefficient (Wildman–Crippen LogP) is 4.03. The second kappa shape index (κ2) is 14.5. The van der Waals surface area contributed by atoms with E-state index >= 15 is 0 Å². The summed E-state index contributed by atoms with van der Waals surface area (Å²) in [5.74, 6) is -1.11. The Bertz CT molecular complexity index is 1260. The van der Waals surface area contributed by atoms with Crippen LogP contribution in [0.5, 0.6) is 11.5 Å². The van der Waals surface area contributed by atoms with Gasteiger partial charge in [-0.3, -0.25) is 9.59 Å². The zero-order valence-electron chi connectivity index (χ0n) is 22.9. The molecule has 3 rings (SSSR count). The number of hydrogen-bond acceptors (Lipinski definition) is 7. The van der Waals surface area contributed by atoms with E-state index in [9.17, 15) is 32.8 Å². The first kappa shape index (κ1) is 31.4. The number of rotatable bonds is 15. The summed E-state index contributed by atoms with van der Waals surface area (Å²) in [7, 11) is 1.48. The van der Waals surface area contributed by atoms with E-state index in [1.165, 1.54) is 30.1 Å². The van der Waals surface area contributed by atoms with Crippen LogP contribution in [0, 0.1) is 11.3 Å². The van der Waals surface area contributed by atoms with Crippen molar-refractivity contribution in [1.29, 1.82) is 5.26 Å². The van der Waals surface area contributed by atoms with Crippen molar-refractivity contribution in [2.24, 2.45) is 0 Å². The number of fused-ring (bicyclic) bond motifs is 1. The molecule has 0 aromatic heterocycles. The van der Waals surface area contributed by atoms with E-state index in [0.29, 0.717) is 48.5 Å². The molecule has 220 valence electrons. The number of nitriles is 1. The molecule has 41 heavy (non-hydrogen) atoms. The number of likely N-dealkylation sites (N-methyl/N-ethyl adjacent to an activating group) is 2. The monoisotopic (exact) mass is 574 g/mol. The molecule has 2 atom stereocenters. The molecular formula is C29H33F3N4O5. The number of halogens is 3. The predicted molar refractivity (Wildman–Crippen MR) is 143 cm³/mol. The van der Waals surface area contributed by atoms with Crippen molar-refractivity contribution < 1.29 is 37.0 Å². The smallest absolute Gasteiger partial charge is 0.492 e. The quantitative estimate of drug-likeness (QED) is 0.320. The summed E-state index contributed by atoms with van der Waals surface area (Å²) < 4.78 is 47.8. The molecule has 1 unspecified atom stereocenters. The van der Waals surface area contributed by atoms with Crippen molar-refractivity contribution in [3.8, 4) is 17.6 Å². The fourth-order valence-corrected chi connectivity index (χ4v) is 4.79. The topological polar surface area (TPSA) is 112 Å². The Hall–Kier alpha value is -4.11. The Labute approximate surface area is 236 Å². The van der Waals surface area contributed by atoms with Crippen LogP contribution in [0.15, 0.2) is 42.5 Å². The summed E-state index contributed by atoms with van der Waals surface area (Å²) in [5, 5.41) is 12.2. The van der Waals surface area contributed by atoms with E-state index in [-0.39, 0.29) is 43.6 Å². The molecule has 0 fully saturated rings. The number of hydrogen-bond donors (Lipinski definition) is 1. The third-order valence-corrected chi connectivity index (χ3v) is 6.93. The molecule has 9 nitrogen and oxygen atoms in total. The number of benzene rings is 2. The molecule has 1 heterocycles. The van der Waals surface area contributed by atoms with Crippen molar-refractivity contribution in [2.75, 3.05) is 33.3 Å². The highest BCUT2D eigenvalue weighted by Crippen LogP contribution is 2.33. The van der Waals surface area contributed by atoms with Gasteiger partial charge >= 0.3 is 6.36 Å². The number of alkyl halides is 3. The summed E-state index contributed by atoms with van der Waals surface area (Å²) in [6, 6.07) is 12.0. The lowest BCUT2D eigenvalue weighted by molar-refractivity contribution is -0.274. The van der Waals surface area contributed by atoms with Gasteiger partial charge in [-0.1, -0.05) is 25.1 Å². The molecule has 0 radical (unpaired) electrons. The maximum absolute atomic E-state index is 13.1. The van der Waals surface area contributed by atoms with Gasteiger partial charge in [-0.25, -0.2) is 0 Å². The number of nitrogens with zero attached hydrogens (tertiary/aromatic N) is 3. The van der Waals surface area contributed by atoms with Gasteiger partial charge in [0.25, 0.3) is 5.91 Å². The van der Waals surface area contributed by atoms with Crippen molar-refractivity contribution >= 4 is 18.1 Å². The number of nitrogens with one attached hydrogen (secondary N) is 1. The second-order valence-electron chi connectivity index (χ2n) is 9.46. The van der Waals surface area contributed by atoms with Crippen LogP contribution in [0.25, 0.3) is 0 Å². The Morgan fingerprint density at radius 3 is 2.63 bits per heavy atom. The van der Waals surface area contributed by atoms with Gasteiger partial charge in [0.2, 0.25) is 5.91 Å². The van der Waals surface area contributed by atoms with Crippen LogP contribution in [-0.4, -0.2) is 73.6 Å². The molecular weight excluding hydrogens is 541 g/mol. The molecule has 1 aliphatic heterocycles. The third kappa shape index (κ3) is 8.44. The number of ether oxygens (including phenoxy) is 2. The number of carbonyl (C=O) groups excluding carboxylic acids is 3. The maximum Gasteiger partial charge on any atom is 0.573 e. The zero-order valence-corrected chi connectivity index (χ0v) is 22.9. The summed E-state index contributed by atoms with van der Waals surface area (Å²) >= 11 is 0. The van der Waals surface area contributed by atoms with Crippen LogP contribution in [0.3, 0.4) is 0 Å². The molecule has 0 aliphatic carbocycles. The zero-order chi connectivity index (χ0) is 30.0. The van der Waals surface area contributed by atoms with E-state index < -0.39 is 18.3 Å². The minimum absolute atomic E-state index is 0.147. The molecule has 2 amide bonds. The van der Waals surface area contributed by atoms with Crippen LogP contribution >= 0.6 is 0 Å². The molecule has 1 aliphatic rings. The van der Waals surface area contributed by atoms with E-state index in [0.717, 1.165) is 6.29 Å². The largest absolute Gasteiger partial charge is 0.573 e. The standard InChI is InChI=1S/C29H33F3N4O5/c1-3-35(13-12-21(18-33)20-7-4-8-22(17-20)41-29(30,31)32)14-16-40-26-11-5-9-23-24(26)19-36(28(23)39)25(10-6-15-37)27(38)34-2/h4-5,7-9,11,15,17,21,25H,3,6,10,12-14,16,19H2,1-2H3,(H,34,38)/t21-,25?/m0/s1. The van der Waals surface area contributed by atoms with E-state index in [2.05, 4.69) is 21.0 Å². The lowest BCUT2D eigenvalue weighted by Gasteiger charge is -2.26. The van der Waals surface area contributed by atoms with Crippen molar-refractivity contribution in [3.05, 3.63) is 59.2 Å². The first-order valence-corrected chi connectivity index (χ1v) is 13.3. The van der Waals surface area contributed by atoms with Crippen molar-refractivity contribution in [2.45, 2.75) is 51.1 Å². The fraction of sp³-hybridized carbons (Fsp3) is 0.448. The first-order chi connectivity index (χ1) is 19.6. The maximum atomic E-state index is 13.1. The van der Waals surface area contributed by atoms with Gasteiger partial charge in [0, 0.05) is 31.1 Å². The summed E-state index contributed by atoms with van der Waals surface area (Å²) in [4.78, 5) is 39.9. The highest BCUT2D eigenvalue weighted by Gasteiger charge is 2.37. The normalized spacial score (nSPS) is 14.3. The van der Waals surface area contributed by atoms with Gasteiger partial charge in [-0.15, -0.1) is 13.2 Å².